The molecule has 0 saturated carbocycles. The molecule has 0 bridgehead atoms. The summed E-state index contributed by atoms with van der Waals surface area (Å²) in [6.07, 6.45) is 1.28. The Bertz CT molecular complexity index is 1250. The molecule has 1 atom stereocenters. The second-order valence-electron chi connectivity index (χ2n) is 8.56. The lowest BCUT2D eigenvalue weighted by Crippen LogP contribution is -2.70. The van der Waals surface area contributed by atoms with Crippen LogP contribution in [-0.4, -0.2) is 23.8 Å². The number of benzene rings is 2. The number of rotatable bonds is 2. The van der Waals surface area contributed by atoms with E-state index in [1.165, 1.54) is 16.0 Å². The average molecular weight is 427 g/mol. The van der Waals surface area contributed by atoms with Gasteiger partial charge in [0.2, 0.25) is 5.91 Å². The Labute approximate surface area is 185 Å². The van der Waals surface area contributed by atoms with Crippen molar-refractivity contribution in [2.75, 3.05) is 7.05 Å². The van der Waals surface area contributed by atoms with Gasteiger partial charge in [-0.1, -0.05) is 36.4 Å². The molecule has 1 fully saturated rings. The summed E-state index contributed by atoms with van der Waals surface area (Å²) in [4.78, 5) is 16.2. The van der Waals surface area contributed by atoms with Crippen molar-refractivity contribution in [2.45, 2.75) is 25.3 Å². The summed E-state index contributed by atoms with van der Waals surface area (Å²) in [5.74, 6) is 0.104. The van der Waals surface area contributed by atoms with E-state index in [4.69, 9.17) is 5.41 Å². The van der Waals surface area contributed by atoms with E-state index in [1.54, 1.807) is 24.5 Å². The van der Waals surface area contributed by atoms with Crippen molar-refractivity contribution in [3.8, 4) is 17.2 Å². The summed E-state index contributed by atoms with van der Waals surface area (Å²) >= 11 is 1.60. The first kappa shape index (κ1) is 19.5. The largest absolute Gasteiger partial charge is 0.345 e. The van der Waals surface area contributed by atoms with Crippen LogP contribution < -0.4 is 5.32 Å². The third kappa shape index (κ3) is 2.74. The van der Waals surface area contributed by atoms with E-state index in [9.17, 15) is 10.1 Å². The number of nitriles is 1. The van der Waals surface area contributed by atoms with Gasteiger partial charge in [-0.25, -0.2) is 0 Å². The smallest absolute Gasteiger partial charge is 0.238 e. The van der Waals surface area contributed by atoms with E-state index in [0.29, 0.717) is 18.4 Å². The molecule has 31 heavy (non-hydrogen) atoms. The summed E-state index contributed by atoms with van der Waals surface area (Å²) in [6, 6.07) is 20.1. The summed E-state index contributed by atoms with van der Waals surface area (Å²) < 4.78 is 0. The van der Waals surface area contributed by atoms with Crippen molar-refractivity contribution >= 4 is 23.2 Å². The van der Waals surface area contributed by atoms with Gasteiger partial charge in [-0.05, 0) is 65.6 Å². The first-order valence-corrected chi connectivity index (χ1v) is 11.1. The minimum atomic E-state index is -0.720. The molecule has 2 N–H and O–H groups in total. The zero-order chi connectivity index (χ0) is 21.8. The minimum absolute atomic E-state index is 0.0172. The highest BCUT2D eigenvalue weighted by atomic mass is 32.1. The Hall–Kier alpha value is -3.43. The van der Waals surface area contributed by atoms with Crippen molar-refractivity contribution in [2.24, 2.45) is 5.41 Å². The second-order valence-corrected chi connectivity index (χ2v) is 9.47. The molecule has 2 heterocycles. The van der Waals surface area contributed by atoms with Gasteiger partial charge in [-0.15, -0.1) is 11.3 Å². The molecule has 0 radical (unpaired) electrons. The molecule has 2 aromatic carbocycles. The molecule has 1 aliphatic heterocycles. The molecule has 0 unspecified atom stereocenters. The van der Waals surface area contributed by atoms with E-state index < -0.39 is 11.0 Å². The van der Waals surface area contributed by atoms with Crippen molar-refractivity contribution in [3.63, 3.8) is 0 Å². The number of fused-ring (bicyclic) bond motifs is 1. The Morgan fingerprint density at radius 3 is 2.48 bits per heavy atom. The Kier molecular flexibility index (Phi) is 4.28. The molecular formula is C25H22N4OS. The van der Waals surface area contributed by atoms with Gasteiger partial charge >= 0.3 is 0 Å². The number of nitrogens with zero attached hydrogens (tertiary/aromatic N) is 2. The van der Waals surface area contributed by atoms with Crippen LogP contribution >= 0.6 is 11.3 Å². The fourth-order valence-electron chi connectivity index (χ4n) is 5.01. The number of hydrogen-bond donors (Lipinski definition) is 2. The predicted molar refractivity (Wildman–Crippen MR) is 122 cm³/mol. The van der Waals surface area contributed by atoms with Gasteiger partial charge in [-0.3, -0.25) is 15.1 Å². The molecule has 1 saturated heterocycles. The molecule has 5 rings (SSSR count). The number of carbonyl (C=O) groups is 1. The van der Waals surface area contributed by atoms with Crippen LogP contribution in [0.4, 0.5) is 0 Å². The lowest BCUT2D eigenvalue weighted by atomic mass is 9.65. The van der Waals surface area contributed by atoms with E-state index in [0.717, 1.165) is 16.0 Å². The number of hydrogen-bond acceptors (Lipinski definition) is 4. The van der Waals surface area contributed by atoms with E-state index in [2.05, 4.69) is 41.9 Å². The molecule has 1 amide bonds. The quantitative estimate of drug-likeness (QED) is 0.642. The molecule has 1 aromatic heterocycles. The predicted octanol–water partition coefficient (Wildman–Crippen LogP) is 4.28. The fourth-order valence-corrected chi connectivity index (χ4v) is 6.15. The third-order valence-electron chi connectivity index (χ3n) is 6.90. The molecule has 1 aliphatic carbocycles. The standard InChI is InChI=1S/C25H22N4OS/c1-24(21-11-20(15-31-21)17-9-5-6-16(10-17)14-26)25(22(30)29(2)23(27)28-24)12-18-7-3-4-8-19(18)13-25/h3-11,15H,12-13H2,1-2H3,(H2,27,28)/t24-/m1/s1. The van der Waals surface area contributed by atoms with Crippen molar-refractivity contribution < 1.29 is 4.79 Å². The molecule has 5 nitrogen and oxygen atoms in total. The van der Waals surface area contributed by atoms with Crippen LogP contribution in [0.15, 0.2) is 60.0 Å². The second kappa shape index (κ2) is 6.79. The molecule has 6 heteroatoms. The van der Waals surface area contributed by atoms with Gasteiger partial charge in [0.25, 0.3) is 0 Å². The first-order valence-electron chi connectivity index (χ1n) is 10.2. The Balaban J connectivity index is 1.63. The molecule has 154 valence electrons. The normalized spacial score (nSPS) is 21.6. The van der Waals surface area contributed by atoms with Crippen LogP contribution in [0.25, 0.3) is 11.1 Å². The number of guanidine groups is 1. The highest BCUT2D eigenvalue weighted by molar-refractivity contribution is 7.10. The number of carbonyl (C=O) groups excluding carboxylic acids is 1. The van der Waals surface area contributed by atoms with Gasteiger partial charge in [0.05, 0.1) is 22.6 Å². The maximum Gasteiger partial charge on any atom is 0.238 e. The summed E-state index contributed by atoms with van der Waals surface area (Å²) in [7, 11) is 1.68. The fraction of sp³-hybridized carbons (Fsp3) is 0.240. The van der Waals surface area contributed by atoms with Crippen LogP contribution in [0.2, 0.25) is 0 Å². The first-order chi connectivity index (χ1) is 14.9. The monoisotopic (exact) mass is 426 g/mol. The van der Waals surface area contributed by atoms with E-state index >= 15 is 0 Å². The number of thiophene rings is 1. The van der Waals surface area contributed by atoms with E-state index in [-0.39, 0.29) is 11.9 Å². The summed E-state index contributed by atoms with van der Waals surface area (Å²) in [5.41, 5.74) is 3.59. The lowest BCUT2D eigenvalue weighted by Gasteiger charge is -2.52. The van der Waals surface area contributed by atoms with E-state index in [1.807, 2.05) is 30.3 Å². The van der Waals surface area contributed by atoms with Crippen LogP contribution in [0, 0.1) is 22.2 Å². The van der Waals surface area contributed by atoms with Gasteiger partial charge in [0.1, 0.15) is 0 Å². The number of nitrogens with one attached hydrogen (secondary N) is 2. The van der Waals surface area contributed by atoms with Crippen molar-refractivity contribution in [1.29, 1.82) is 10.7 Å². The third-order valence-corrected chi connectivity index (χ3v) is 8.05. The number of amides is 1. The molecular weight excluding hydrogens is 404 g/mol. The Morgan fingerprint density at radius 2 is 1.81 bits per heavy atom. The van der Waals surface area contributed by atoms with Gasteiger partial charge in [-0.2, -0.15) is 5.26 Å². The summed E-state index contributed by atoms with van der Waals surface area (Å²) in [6.45, 7) is 2.06. The van der Waals surface area contributed by atoms with Crippen LogP contribution in [0.1, 0.15) is 28.5 Å². The SMILES string of the molecule is CN1C(=N)N[C@](C)(c2cc(-c3cccc(C#N)c3)cs2)C2(Cc3ccccc3C2)C1=O. The maximum atomic E-state index is 13.7. The molecule has 1 spiro atoms. The topological polar surface area (TPSA) is 80.0 Å². The molecule has 2 aliphatic rings. The van der Waals surface area contributed by atoms with Crippen LogP contribution in [0.5, 0.6) is 0 Å². The van der Waals surface area contributed by atoms with Crippen LogP contribution in [0.3, 0.4) is 0 Å². The lowest BCUT2D eigenvalue weighted by molar-refractivity contribution is -0.144. The highest BCUT2D eigenvalue weighted by Crippen LogP contribution is 2.53. The highest BCUT2D eigenvalue weighted by Gasteiger charge is 2.62. The summed E-state index contributed by atoms with van der Waals surface area (Å²) in [5, 5.41) is 23.1. The van der Waals surface area contributed by atoms with Gasteiger partial charge in [0.15, 0.2) is 5.96 Å². The zero-order valence-electron chi connectivity index (χ0n) is 17.4. The Morgan fingerprint density at radius 1 is 1.10 bits per heavy atom. The van der Waals surface area contributed by atoms with Crippen molar-refractivity contribution in [3.05, 3.63) is 81.5 Å². The van der Waals surface area contributed by atoms with Gasteiger partial charge < -0.3 is 5.32 Å². The molecule has 3 aromatic rings. The van der Waals surface area contributed by atoms with Crippen molar-refractivity contribution in [1.82, 2.24) is 10.2 Å². The zero-order valence-corrected chi connectivity index (χ0v) is 18.2. The maximum absolute atomic E-state index is 13.7. The van der Waals surface area contributed by atoms with Gasteiger partial charge in [0, 0.05) is 11.9 Å². The average Bonchev–Trinajstić information content (AvgIpc) is 3.43. The van der Waals surface area contributed by atoms with Crippen LogP contribution in [-0.2, 0) is 23.2 Å². The minimum Gasteiger partial charge on any atom is -0.345 e.